The van der Waals surface area contributed by atoms with Crippen LogP contribution in [0.4, 0.5) is 0 Å². The number of likely N-dealkylation sites (N-methyl/N-ethyl adjacent to an activating group) is 1. The average Bonchev–Trinajstić information content (AvgIpc) is 3.16. The van der Waals surface area contributed by atoms with Gasteiger partial charge in [-0.05, 0) is 77.0 Å². The van der Waals surface area contributed by atoms with Crippen molar-refractivity contribution in [2.75, 3.05) is 47.5 Å². The Balaban J connectivity index is 4.53. The predicted molar refractivity (Wildman–Crippen MR) is 238 cm³/mol. The number of rotatable bonds is 38. The third kappa shape index (κ3) is 42.6. The Morgan fingerprint density at radius 2 is 1.04 bits per heavy atom. The Morgan fingerprint density at radius 1 is 0.561 bits per heavy atom. The number of hydrogen-bond donors (Lipinski definition) is 1. The number of ether oxygens (including phenoxy) is 2. The number of unbranched alkanes of at least 4 members (excludes halogenated alkanes) is 10. The molecule has 0 aromatic carbocycles. The van der Waals surface area contributed by atoms with Crippen LogP contribution < -0.4 is 0 Å². The van der Waals surface area contributed by atoms with Gasteiger partial charge in [0.15, 0.2) is 6.10 Å². The van der Waals surface area contributed by atoms with Gasteiger partial charge < -0.3 is 18.9 Å². The highest BCUT2D eigenvalue weighted by molar-refractivity contribution is 7.47. The minimum Gasteiger partial charge on any atom is -0.462 e. The summed E-state index contributed by atoms with van der Waals surface area (Å²) in [6.07, 6.45) is 49.3. The van der Waals surface area contributed by atoms with Gasteiger partial charge in [-0.25, -0.2) is 4.57 Å². The van der Waals surface area contributed by atoms with Gasteiger partial charge in [-0.15, -0.1) is 0 Å². The fraction of sp³-hybridized carbons (Fsp3) is 0.660. The number of phosphoric acid groups is 1. The van der Waals surface area contributed by atoms with Crippen molar-refractivity contribution < 1.29 is 42.1 Å². The van der Waals surface area contributed by atoms with Gasteiger partial charge in [0.1, 0.15) is 19.8 Å². The molecule has 0 bridgehead atoms. The highest BCUT2D eigenvalue weighted by Gasteiger charge is 2.27. The number of quaternary nitrogens is 1. The molecule has 0 aromatic rings. The van der Waals surface area contributed by atoms with E-state index in [1.807, 2.05) is 33.3 Å². The molecule has 0 heterocycles. The summed E-state index contributed by atoms with van der Waals surface area (Å²) >= 11 is 0. The number of hydrogen-bond acceptors (Lipinski definition) is 7. The summed E-state index contributed by atoms with van der Waals surface area (Å²) in [4.78, 5) is 35.3. The molecule has 1 N–H and O–H groups in total. The molecule has 2 atom stereocenters. The topological polar surface area (TPSA) is 108 Å². The summed E-state index contributed by atoms with van der Waals surface area (Å²) in [5.41, 5.74) is 0. The van der Waals surface area contributed by atoms with Crippen molar-refractivity contribution in [3.63, 3.8) is 0 Å². The van der Waals surface area contributed by atoms with Crippen molar-refractivity contribution in [3.8, 4) is 0 Å². The second-order valence-corrected chi connectivity index (χ2v) is 16.8. The summed E-state index contributed by atoms with van der Waals surface area (Å²) in [6, 6.07) is 0. The van der Waals surface area contributed by atoms with Crippen LogP contribution in [0.15, 0.2) is 85.1 Å². The van der Waals surface area contributed by atoms with E-state index in [9.17, 15) is 19.0 Å². The third-order valence-corrected chi connectivity index (χ3v) is 9.66. The normalized spacial score (nSPS) is 14.4. The van der Waals surface area contributed by atoms with E-state index in [0.29, 0.717) is 23.9 Å². The standard InChI is InChI=1S/C47H80NO8P/c1-6-8-10-12-14-16-18-20-22-23-24-25-26-28-30-32-34-36-38-40-47(50)56-45(44-55-57(51,52)54-42-41-48(3,4)5)43-53-46(49)39-37-35-33-31-29-27-21-19-17-15-13-11-9-7-2/h8,10,14,16,19-22,24-25,28,30,34,36,45H,6-7,9,11-13,15,17-18,23,26-27,29,31-33,35,37-44H2,1-5H3/p+1/b10-8+,16-14+,21-19+,22-20+,25-24+,30-28+,36-34+/t45-/m1/s1. The Morgan fingerprint density at radius 3 is 1.56 bits per heavy atom. The lowest BCUT2D eigenvalue weighted by molar-refractivity contribution is -0.870. The Bertz CT molecular complexity index is 1240. The minimum atomic E-state index is -4.40. The molecule has 0 aliphatic rings. The van der Waals surface area contributed by atoms with Crippen molar-refractivity contribution >= 4 is 19.8 Å². The van der Waals surface area contributed by atoms with Gasteiger partial charge >= 0.3 is 19.8 Å². The van der Waals surface area contributed by atoms with Gasteiger partial charge in [-0.2, -0.15) is 0 Å². The van der Waals surface area contributed by atoms with Crippen LogP contribution in [0, 0.1) is 0 Å². The molecule has 0 saturated heterocycles. The van der Waals surface area contributed by atoms with Crippen LogP contribution in [-0.2, 0) is 32.7 Å². The predicted octanol–water partition coefficient (Wildman–Crippen LogP) is 12.4. The monoisotopic (exact) mass is 819 g/mol. The molecular weight excluding hydrogens is 737 g/mol. The molecule has 10 heteroatoms. The zero-order valence-corrected chi connectivity index (χ0v) is 37.4. The van der Waals surface area contributed by atoms with Gasteiger partial charge in [-0.1, -0.05) is 144 Å². The number of esters is 2. The van der Waals surface area contributed by atoms with Crippen LogP contribution in [0.3, 0.4) is 0 Å². The maximum atomic E-state index is 12.7. The fourth-order valence-electron chi connectivity index (χ4n) is 5.27. The Labute approximate surface area is 348 Å². The Hall–Kier alpha value is -2.81. The quantitative estimate of drug-likeness (QED) is 0.0216. The van der Waals surface area contributed by atoms with Crippen LogP contribution in [0.25, 0.3) is 0 Å². The molecule has 57 heavy (non-hydrogen) atoms. The summed E-state index contributed by atoms with van der Waals surface area (Å²) in [5, 5.41) is 0. The highest BCUT2D eigenvalue weighted by atomic mass is 31.2. The maximum Gasteiger partial charge on any atom is 0.472 e. The van der Waals surface area contributed by atoms with E-state index < -0.39 is 32.5 Å². The van der Waals surface area contributed by atoms with Crippen LogP contribution in [0.5, 0.6) is 0 Å². The summed E-state index contributed by atoms with van der Waals surface area (Å²) in [7, 11) is 1.41. The summed E-state index contributed by atoms with van der Waals surface area (Å²) < 4.78 is 34.2. The number of nitrogens with zero attached hydrogens (tertiary/aromatic N) is 1. The van der Waals surface area contributed by atoms with Gasteiger partial charge in [0, 0.05) is 12.8 Å². The first-order chi connectivity index (χ1) is 27.5. The molecular formula is C47H81NO8P+. The number of allylic oxidation sites excluding steroid dienone is 14. The maximum absolute atomic E-state index is 12.7. The molecule has 0 aromatic heterocycles. The zero-order chi connectivity index (χ0) is 42.1. The number of phosphoric ester groups is 1. The lowest BCUT2D eigenvalue weighted by atomic mass is 10.1. The van der Waals surface area contributed by atoms with Gasteiger partial charge in [0.05, 0.1) is 27.7 Å². The second-order valence-electron chi connectivity index (χ2n) is 15.3. The second kappa shape index (κ2) is 38.7. The zero-order valence-electron chi connectivity index (χ0n) is 36.5. The molecule has 0 amide bonds. The molecule has 0 aliphatic heterocycles. The molecule has 9 nitrogen and oxygen atoms in total. The number of carbonyl (C=O) groups is 2. The molecule has 0 rings (SSSR count). The van der Waals surface area contributed by atoms with E-state index in [1.165, 1.54) is 38.5 Å². The van der Waals surface area contributed by atoms with Crippen molar-refractivity contribution in [2.24, 2.45) is 0 Å². The minimum absolute atomic E-state index is 0.0125. The summed E-state index contributed by atoms with van der Waals surface area (Å²) in [5.74, 6) is -0.915. The summed E-state index contributed by atoms with van der Waals surface area (Å²) in [6.45, 7) is 4.18. The third-order valence-electron chi connectivity index (χ3n) is 8.67. The molecule has 326 valence electrons. The molecule has 0 fully saturated rings. The lowest BCUT2D eigenvalue weighted by Gasteiger charge is -2.24. The first-order valence-corrected chi connectivity index (χ1v) is 23.3. The lowest BCUT2D eigenvalue weighted by Crippen LogP contribution is -2.37. The van der Waals surface area contributed by atoms with Crippen LogP contribution in [0.2, 0.25) is 0 Å². The van der Waals surface area contributed by atoms with Crippen LogP contribution >= 0.6 is 7.82 Å². The van der Waals surface area contributed by atoms with Gasteiger partial charge in [0.2, 0.25) is 0 Å². The van der Waals surface area contributed by atoms with Gasteiger partial charge in [0.25, 0.3) is 0 Å². The fourth-order valence-corrected chi connectivity index (χ4v) is 6.01. The first kappa shape index (κ1) is 54.2. The first-order valence-electron chi connectivity index (χ1n) is 21.8. The molecule has 0 spiro atoms. The van der Waals surface area contributed by atoms with E-state index >= 15 is 0 Å². The van der Waals surface area contributed by atoms with E-state index in [4.69, 9.17) is 18.5 Å². The van der Waals surface area contributed by atoms with E-state index in [2.05, 4.69) is 86.8 Å². The van der Waals surface area contributed by atoms with Crippen LogP contribution in [0.1, 0.15) is 149 Å². The Kier molecular flexibility index (Phi) is 36.8. The molecule has 1 unspecified atom stereocenters. The molecule has 0 radical (unpaired) electrons. The van der Waals surface area contributed by atoms with Crippen molar-refractivity contribution in [2.45, 2.75) is 155 Å². The van der Waals surface area contributed by atoms with E-state index in [1.54, 1.807) is 0 Å². The smallest absolute Gasteiger partial charge is 0.462 e. The SMILES string of the molecule is CC/C=C/C/C=C/C/C=C/C/C=C/C/C=C/C/C=C/CCC(=O)O[C@H](COC(=O)CCCCCCC/C=C/CCCCCCC)COP(=O)(O)OCC[N+](C)(C)C. The van der Waals surface area contributed by atoms with Crippen molar-refractivity contribution in [3.05, 3.63) is 85.1 Å². The van der Waals surface area contributed by atoms with Crippen molar-refractivity contribution in [1.82, 2.24) is 0 Å². The van der Waals surface area contributed by atoms with Crippen molar-refractivity contribution in [1.29, 1.82) is 0 Å². The molecule has 0 saturated carbocycles. The van der Waals surface area contributed by atoms with Gasteiger partial charge in [-0.3, -0.25) is 18.6 Å². The highest BCUT2D eigenvalue weighted by Crippen LogP contribution is 2.43. The van der Waals surface area contributed by atoms with E-state index in [-0.39, 0.29) is 26.1 Å². The van der Waals surface area contributed by atoms with E-state index in [0.717, 1.165) is 70.6 Å². The molecule has 0 aliphatic carbocycles. The number of carbonyl (C=O) groups excluding carboxylic acids is 2. The largest absolute Gasteiger partial charge is 0.472 e. The van der Waals surface area contributed by atoms with Crippen LogP contribution in [-0.4, -0.2) is 74.9 Å². The average molecular weight is 819 g/mol.